The highest BCUT2D eigenvalue weighted by Gasteiger charge is 2.35. The maximum Gasteiger partial charge on any atom is 0.416 e. The van der Waals surface area contributed by atoms with Crippen LogP contribution in [0.2, 0.25) is 0 Å². The van der Waals surface area contributed by atoms with Crippen molar-refractivity contribution in [3.63, 3.8) is 0 Å². The third-order valence-corrected chi connectivity index (χ3v) is 7.06. The van der Waals surface area contributed by atoms with Crippen molar-refractivity contribution in [2.75, 3.05) is 44.2 Å². The lowest BCUT2D eigenvalue weighted by Crippen LogP contribution is -2.53. The van der Waals surface area contributed by atoms with Gasteiger partial charge in [0, 0.05) is 57.1 Å². The zero-order chi connectivity index (χ0) is 28.4. The van der Waals surface area contributed by atoms with Crippen LogP contribution < -0.4 is 10.2 Å². The molecule has 2 atom stereocenters. The normalized spacial score (nSPS) is 17.9. The maximum absolute atomic E-state index is 13.6. The number of fused-ring (bicyclic) bond motifs is 2. The van der Waals surface area contributed by atoms with Crippen LogP contribution in [0.4, 0.5) is 37.7 Å². The Balaban J connectivity index is 0.00000294. The van der Waals surface area contributed by atoms with Crippen LogP contribution in [-0.4, -0.2) is 56.2 Å². The molecule has 2 aromatic rings. The lowest BCUT2D eigenvalue weighted by Gasteiger charge is -2.38. The molecule has 0 bridgehead atoms. The van der Waals surface area contributed by atoms with E-state index in [1.165, 1.54) is 19.1 Å². The summed E-state index contributed by atoms with van der Waals surface area (Å²) in [7, 11) is 0. The first-order valence-electron chi connectivity index (χ1n) is 12.8. The zero-order valence-corrected chi connectivity index (χ0v) is 24.2. The molecule has 0 aromatic heterocycles. The predicted molar refractivity (Wildman–Crippen MR) is 152 cm³/mol. The number of carbonyl (C=O) groups is 1. The van der Waals surface area contributed by atoms with E-state index in [9.17, 15) is 31.1 Å². The summed E-state index contributed by atoms with van der Waals surface area (Å²) in [4.78, 5) is 14.9. The second-order valence-corrected chi connectivity index (χ2v) is 10.1. The Morgan fingerprint density at radius 3 is 2.00 bits per heavy atom. The van der Waals surface area contributed by atoms with E-state index in [-0.39, 0.29) is 67.3 Å². The van der Waals surface area contributed by atoms with Crippen molar-refractivity contribution in [1.29, 1.82) is 0 Å². The number of anilines is 2. The van der Waals surface area contributed by atoms with Gasteiger partial charge in [-0.15, -0.1) is 24.8 Å². The van der Waals surface area contributed by atoms with Crippen LogP contribution in [0.5, 0.6) is 0 Å². The molecule has 2 aliphatic rings. The second-order valence-electron chi connectivity index (χ2n) is 10.1. The molecule has 0 amide bonds. The van der Waals surface area contributed by atoms with Gasteiger partial charge >= 0.3 is 18.3 Å². The number of piperazine rings is 1. The molecule has 5 nitrogen and oxygen atoms in total. The van der Waals surface area contributed by atoms with Crippen molar-refractivity contribution in [1.82, 2.24) is 10.2 Å². The molecule has 0 radical (unpaired) electrons. The molecule has 2 heterocycles. The number of halogens is 8. The number of rotatable bonds is 7. The van der Waals surface area contributed by atoms with E-state index < -0.39 is 23.5 Å². The van der Waals surface area contributed by atoms with Crippen LogP contribution in [0.15, 0.2) is 36.4 Å². The smallest absolute Gasteiger partial charge is 0.416 e. The van der Waals surface area contributed by atoms with Gasteiger partial charge < -0.3 is 15.0 Å². The van der Waals surface area contributed by atoms with Crippen LogP contribution in [0.1, 0.15) is 42.5 Å². The van der Waals surface area contributed by atoms with Gasteiger partial charge in [0.05, 0.1) is 11.1 Å². The number of hydrogen-bond donors (Lipinski definition) is 1. The molecule has 13 heteroatoms. The Morgan fingerprint density at radius 2 is 1.51 bits per heavy atom. The van der Waals surface area contributed by atoms with E-state index >= 15 is 0 Å². The number of nitrogens with one attached hydrogen (secondary N) is 1. The van der Waals surface area contributed by atoms with Crippen molar-refractivity contribution in [2.24, 2.45) is 5.92 Å². The summed E-state index contributed by atoms with van der Waals surface area (Å²) in [5.41, 5.74) is -0.338. The van der Waals surface area contributed by atoms with Gasteiger partial charge in [-0.05, 0) is 47.7 Å². The summed E-state index contributed by atoms with van der Waals surface area (Å²) in [5.74, 6) is -0.465. The summed E-state index contributed by atoms with van der Waals surface area (Å²) in [6, 6.07) is 6.75. The number of hydrogen-bond acceptors (Lipinski definition) is 5. The molecular weight excluding hydrogens is 595 g/mol. The molecule has 2 aromatic carbocycles. The SMILES string of the molecule is CC(=O)OCCN1CCNCC1CC(C)CN1c2cc(C(F)(F)F)ccc2C=Cc2ccc(C(F)(F)F)cc21.Cl.Cl. The summed E-state index contributed by atoms with van der Waals surface area (Å²) in [5, 5.41) is 3.34. The van der Waals surface area contributed by atoms with Gasteiger partial charge in [0.25, 0.3) is 0 Å². The molecule has 1 fully saturated rings. The van der Waals surface area contributed by atoms with Gasteiger partial charge in [-0.3, -0.25) is 9.69 Å². The highest BCUT2D eigenvalue weighted by molar-refractivity contribution is 5.89. The fourth-order valence-corrected chi connectivity index (χ4v) is 5.18. The van der Waals surface area contributed by atoms with E-state index in [2.05, 4.69) is 10.2 Å². The van der Waals surface area contributed by atoms with Crippen molar-refractivity contribution < 1.29 is 35.9 Å². The van der Waals surface area contributed by atoms with Gasteiger partial charge in [-0.2, -0.15) is 26.3 Å². The first-order valence-corrected chi connectivity index (χ1v) is 12.8. The van der Waals surface area contributed by atoms with Crippen molar-refractivity contribution >= 4 is 54.3 Å². The largest absolute Gasteiger partial charge is 0.465 e. The monoisotopic (exact) mass is 627 g/mol. The van der Waals surface area contributed by atoms with E-state index in [4.69, 9.17) is 4.74 Å². The number of benzene rings is 2. The lowest BCUT2D eigenvalue weighted by atomic mass is 9.97. The second kappa shape index (κ2) is 14.1. The van der Waals surface area contributed by atoms with Crippen molar-refractivity contribution in [2.45, 2.75) is 38.7 Å². The molecule has 2 unspecified atom stereocenters. The highest BCUT2D eigenvalue weighted by Crippen LogP contribution is 2.43. The quantitative estimate of drug-likeness (QED) is 0.263. The molecule has 0 saturated carbocycles. The van der Waals surface area contributed by atoms with Crippen LogP contribution in [0, 0.1) is 5.92 Å². The van der Waals surface area contributed by atoms with Crippen molar-refractivity contribution in [3.8, 4) is 0 Å². The number of esters is 1. The molecule has 0 spiro atoms. The number of ether oxygens (including phenoxy) is 1. The fourth-order valence-electron chi connectivity index (χ4n) is 5.18. The molecule has 2 aliphatic heterocycles. The first-order chi connectivity index (χ1) is 18.3. The van der Waals surface area contributed by atoms with Gasteiger partial charge in [0.2, 0.25) is 0 Å². The third-order valence-electron chi connectivity index (χ3n) is 7.06. The maximum atomic E-state index is 13.6. The number of nitrogens with zero attached hydrogens (tertiary/aromatic N) is 2. The van der Waals surface area contributed by atoms with Crippen LogP contribution >= 0.6 is 24.8 Å². The molecule has 4 rings (SSSR count). The Hall–Kier alpha value is -2.47. The number of alkyl halides is 6. The summed E-state index contributed by atoms with van der Waals surface area (Å²) in [6.07, 6.45) is -5.30. The Labute approximate surface area is 247 Å². The van der Waals surface area contributed by atoms with Crippen LogP contribution in [-0.2, 0) is 21.9 Å². The molecule has 228 valence electrons. The first kappa shape index (κ1) is 34.7. The molecule has 0 aliphatic carbocycles. The summed E-state index contributed by atoms with van der Waals surface area (Å²) >= 11 is 0. The van der Waals surface area contributed by atoms with E-state index in [0.717, 1.165) is 37.4 Å². The summed E-state index contributed by atoms with van der Waals surface area (Å²) < 4.78 is 86.9. The van der Waals surface area contributed by atoms with Crippen LogP contribution in [0.3, 0.4) is 0 Å². The zero-order valence-electron chi connectivity index (χ0n) is 22.5. The Bertz CT molecular complexity index is 1150. The van der Waals surface area contributed by atoms with Gasteiger partial charge in [-0.1, -0.05) is 31.2 Å². The Morgan fingerprint density at radius 1 is 0.976 bits per heavy atom. The minimum atomic E-state index is -4.60. The van der Waals surface area contributed by atoms with Crippen molar-refractivity contribution in [3.05, 3.63) is 58.7 Å². The Kier molecular flexibility index (Phi) is 12.0. The van der Waals surface area contributed by atoms with E-state index in [0.29, 0.717) is 30.6 Å². The summed E-state index contributed by atoms with van der Waals surface area (Å²) in [6.45, 7) is 6.47. The van der Waals surface area contributed by atoms with Gasteiger partial charge in [0.1, 0.15) is 6.61 Å². The topological polar surface area (TPSA) is 44.8 Å². The van der Waals surface area contributed by atoms with Gasteiger partial charge in [0.15, 0.2) is 0 Å². The third kappa shape index (κ3) is 8.76. The van der Waals surface area contributed by atoms with Crippen LogP contribution in [0.25, 0.3) is 12.2 Å². The van der Waals surface area contributed by atoms with E-state index in [1.807, 2.05) is 6.92 Å². The van der Waals surface area contributed by atoms with E-state index in [1.54, 1.807) is 17.1 Å². The highest BCUT2D eigenvalue weighted by atomic mass is 35.5. The molecule has 1 saturated heterocycles. The predicted octanol–water partition coefficient (Wildman–Crippen LogP) is 7.05. The molecule has 41 heavy (non-hydrogen) atoms. The average molecular weight is 628 g/mol. The average Bonchev–Trinajstić information content (AvgIpc) is 3.00. The van der Waals surface area contributed by atoms with Gasteiger partial charge in [-0.25, -0.2) is 0 Å². The standard InChI is InChI=1S/C28H31F6N3O2.2ClH/c1-18(13-24-16-35-9-10-36(24)11-12-39-19(2)38)17-37-25-14-22(27(29,30)31)7-5-20(25)3-4-21-6-8-23(15-26(21)37)28(32,33)34;;/h3-8,14-15,18,24,35H,9-13,16-17H2,1-2H3;2*1H. The molecule has 1 N–H and O–H groups in total. The minimum absolute atomic E-state index is 0. The fraction of sp³-hybridized carbons (Fsp3) is 0.464. The lowest BCUT2D eigenvalue weighted by molar-refractivity contribution is -0.141. The minimum Gasteiger partial charge on any atom is -0.465 e. The molecular formula is C28H33Cl2F6N3O2. The number of carbonyl (C=O) groups excluding carboxylic acids is 1.